The maximum absolute atomic E-state index is 12.6. The van der Waals surface area contributed by atoms with E-state index in [1.54, 1.807) is 0 Å². The number of Topliss-reactive ketones (excluding diaryl/α,β-unsaturated/α-hetero) is 1. The number of carbonyl (C=O) groups excluding carboxylic acids is 2. The molecule has 0 saturated heterocycles. The highest BCUT2D eigenvalue weighted by Crippen LogP contribution is 2.59. The monoisotopic (exact) mass is 370 g/mol. The number of terminal acetylenes is 1. The zero-order chi connectivity index (χ0) is 19.6. The Hall–Kier alpha value is -1.40. The fourth-order valence-electron chi connectivity index (χ4n) is 6.12. The van der Waals surface area contributed by atoms with Gasteiger partial charge in [0.15, 0.2) is 5.78 Å². The Balaban J connectivity index is 1.86. The van der Waals surface area contributed by atoms with Crippen LogP contribution in [0.25, 0.3) is 0 Å². The molecule has 0 N–H and O–H groups in total. The predicted molar refractivity (Wildman–Crippen MR) is 107 cm³/mol. The fraction of sp³-hybridized carbons (Fsp3) is 0.750. The minimum Gasteiger partial charge on any atom is -0.373 e. The Morgan fingerprint density at radius 1 is 1.37 bits per heavy atom. The van der Waals surface area contributed by atoms with Gasteiger partial charge in [-0.2, -0.15) is 0 Å². The van der Waals surface area contributed by atoms with E-state index in [-0.39, 0.29) is 17.3 Å². The second-order valence-corrected chi connectivity index (χ2v) is 9.05. The maximum Gasteiger partial charge on any atom is 0.155 e. The molecule has 0 aliphatic heterocycles. The van der Waals surface area contributed by atoms with Gasteiger partial charge in [0, 0.05) is 24.7 Å². The van der Waals surface area contributed by atoms with Gasteiger partial charge in [-0.1, -0.05) is 20.8 Å². The van der Waals surface area contributed by atoms with E-state index in [1.165, 1.54) is 5.57 Å². The molecule has 27 heavy (non-hydrogen) atoms. The molecule has 3 fully saturated rings. The minimum absolute atomic E-state index is 0.0338. The quantitative estimate of drug-likeness (QED) is 0.385. The molecule has 0 aromatic heterocycles. The van der Waals surface area contributed by atoms with Crippen molar-refractivity contribution >= 4 is 11.6 Å². The van der Waals surface area contributed by atoms with Crippen molar-refractivity contribution in [2.45, 2.75) is 78.2 Å². The summed E-state index contributed by atoms with van der Waals surface area (Å²) in [7, 11) is 0. The van der Waals surface area contributed by atoms with Crippen molar-refractivity contribution in [3.05, 3.63) is 11.6 Å². The number of carbonyl (C=O) groups is 2. The summed E-state index contributed by atoms with van der Waals surface area (Å²) in [5.74, 6) is 5.19. The summed E-state index contributed by atoms with van der Waals surface area (Å²) in [5.41, 5.74) is 1.03. The van der Waals surface area contributed by atoms with Crippen molar-refractivity contribution in [1.29, 1.82) is 0 Å². The molecule has 6 atom stereocenters. The smallest absolute Gasteiger partial charge is 0.155 e. The lowest BCUT2D eigenvalue weighted by molar-refractivity contribution is -0.132. The third-order valence-corrected chi connectivity index (χ3v) is 7.62. The molecule has 0 heterocycles. The second kappa shape index (κ2) is 8.31. The largest absolute Gasteiger partial charge is 0.373 e. The van der Waals surface area contributed by atoms with E-state index in [0.29, 0.717) is 48.9 Å². The van der Waals surface area contributed by atoms with Gasteiger partial charge in [0.05, 0.1) is 12.7 Å². The number of hydrogen-bond donors (Lipinski definition) is 0. The van der Waals surface area contributed by atoms with Crippen molar-refractivity contribution < 1.29 is 14.3 Å². The maximum atomic E-state index is 12.6. The third-order valence-electron chi connectivity index (χ3n) is 7.62. The Morgan fingerprint density at radius 3 is 2.85 bits per heavy atom. The first-order valence-electron chi connectivity index (χ1n) is 10.7. The lowest BCUT2D eigenvalue weighted by atomic mass is 9.53. The molecule has 0 aromatic rings. The molecule has 148 valence electrons. The van der Waals surface area contributed by atoms with Crippen molar-refractivity contribution in [1.82, 2.24) is 0 Å². The number of allylic oxidation sites excluding steroid dienone is 1. The molecule has 3 aliphatic rings. The summed E-state index contributed by atoms with van der Waals surface area (Å²) in [4.78, 5) is 24.9. The number of rotatable bonds is 6. The first-order valence-corrected chi connectivity index (χ1v) is 10.7. The lowest BCUT2D eigenvalue weighted by Crippen LogP contribution is -2.49. The van der Waals surface area contributed by atoms with E-state index < -0.39 is 0 Å². The highest BCUT2D eigenvalue weighted by Gasteiger charge is 2.56. The predicted octanol–water partition coefficient (Wildman–Crippen LogP) is 4.74. The van der Waals surface area contributed by atoms with Crippen molar-refractivity contribution in [2.75, 3.05) is 6.61 Å². The zero-order valence-electron chi connectivity index (χ0n) is 17.1. The zero-order valence-corrected chi connectivity index (χ0v) is 17.1. The summed E-state index contributed by atoms with van der Waals surface area (Å²) in [6, 6.07) is 0. The Kier molecular flexibility index (Phi) is 6.26. The van der Waals surface area contributed by atoms with Gasteiger partial charge in [-0.15, -0.1) is 12.3 Å². The van der Waals surface area contributed by atoms with Crippen LogP contribution in [0.3, 0.4) is 0 Å². The molecule has 0 unspecified atom stereocenters. The summed E-state index contributed by atoms with van der Waals surface area (Å²) in [5, 5.41) is 0. The number of hydrogen-bond acceptors (Lipinski definition) is 3. The van der Waals surface area contributed by atoms with Crippen molar-refractivity contribution in [3.63, 3.8) is 0 Å². The summed E-state index contributed by atoms with van der Waals surface area (Å²) in [6.07, 6.45) is 14.1. The van der Waals surface area contributed by atoms with E-state index in [1.807, 2.05) is 13.0 Å². The molecule has 0 bridgehead atoms. The Morgan fingerprint density at radius 2 is 2.15 bits per heavy atom. The van der Waals surface area contributed by atoms with Crippen LogP contribution >= 0.6 is 0 Å². The van der Waals surface area contributed by atoms with Crippen molar-refractivity contribution in [2.24, 2.45) is 29.1 Å². The van der Waals surface area contributed by atoms with Crippen LogP contribution in [-0.2, 0) is 14.3 Å². The Bertz CT molecular complexity index is 655. The van der Waals surface area contributed by atoms with Gasteiger partial charge in [-0.25, -0.2) is 0 Å². The van der Waals surface area contributed by atoms with Crippen LogP contribution in [0.5, 0.6) is 0 Å². The SMILES string of the molecule is C#CCCO[C@@H]1C[C@@H]2[C@H](CC[C@]3(C)C(=O)CC[C@@H]23)[C@H](C)/C1=C\C(=O)CCC. The second-order valence-electron chi connectivity index (χ2n) is 9.05. The molecular formula is C24H34O3. The summed E-state index contributed by atoms with van der Waals surface area (Å²) >= 11 is 0. The van der Waals surface area contributed by atoms with Crippen LogP contribution in [-0.4, -0.2) is 24.3 Å². The molecule has 3 heteroatoms. The third kappa shape index (κ3) is 3.79. The molecule has 3 rings (SSSR count). The first kappa shape index (κ1) is 20.3. The number of fused-ring (bicyclic) bond motifs is 3. The van der Waals surface area contributed by atoms with Gasteiger partial charge < -0.3 is 4.74 Å². The fourth-order valence-corrected chi connectivity index (χ4v) is 6.12. The van der Waals surface area contributed by atoms with Gasteiger partial charge in [-0.05, 0) is 67.4 Å². The molecule has 0 spiro atoms. The molecule has 3 saturated carbocycles. The van der Waals surface area contributed by atoms with Crippen LogP contribution < -0.4 is 0 Å². The number of ketones is 2. The molecule has 3 aliphatic carbocycles. The minimum atomic E-state index is -0.135. The van der Waals surface area contributed by atoms with Crippen LogP contribution in [0.1, 0.15) is 72.1 Å². The van der Waals surface area contributed by atoms with Gasteiger partial charge in [0.2, 0.25) is 0 Å². The highest BCUT2D eigenvalue weighted by molar-refractivity contribution is 5.90. The average Bonchev–Trinajstić information content (AvgIpc) is 2.94. The van der Waals surface area contributed by atoms with Gasteiger partial charge >= 0.3 is 0 Å². The van der Waals surface area contributed by atoms with Gasteiger partial charge in [0.25, 0.3) is 0 Å². The van der Waals surface area contributed by atoms with Gasteiger partial charge in [0.1, 0.15) is 5.78 Å². The molecular weight excluding hydrogens is 336 g/mol. The van der Waals surface area contributed by atoms with Crippen molar-refractivity contribution in [3.8, 4) is 12.3 Å². The van der Waals surface area contributed by atoms with E-state index in [4.69, 9.17) is 11.2 Å². The van der Waals surface area contributed by atoms with E-state index in [9.17, 15) is 9.59 Å². The van der Waals surface area contributed by atoms with E-state index in [0.717, 1.165) is 38.5 Å². The Labute approximate surface area is 164 Å². The van der Waals surface area contributed by atoms with Crippen LogP contribution in [0.4, 0.5) is 0 Å². The molecule has 3 nitrogen and oxygen atoms in total. The topological polar surface area (TPSA) is 43.4 Å². The lowest BCUT2D eigenvalue weighted by Gasteiger charge is -2.52. The summed E-state index contributed by atoms with van der Waals surface area (Å²) in [6.45, 7) is 7.03. The van der Waals surface area contributed by atoms with E-state index >= 15 is 0 Å². The van der Waals surface area contributed by atoms with Crippen LogP contribution in [0, 0.1) is 41.4 Å². The molecule has 0 amide bonds. The molecule has 0 radical (unpaired) electrons. The number of ether oxygens (including phenoxy) is 1. The molecule has 0 aromatic carbocycles. The van der Waals surface area contributed by atoms with Gasteiger partial charge in [-0.3, -0.25) is 9.59 Å². The first-order chi connectivity index (χ1) is 12.9. The van der Waals surface area contributed by atoms with E-state index in [2.05, 4.69) is 19.8 Å². The summed E-state index contributed by atoms with van der Waals surface area (Å²) < 4.78 is 6.19. The normalized spacial score (nSPS) is 39.7. The van der Waals surface area contributed by atoms with Crippen LogP contribution in [0.2, 0.25) is 0 Å². The highest BCUT2D eigenvalue weighted by atomic mass is 16.5. The average molecular weight is 371 g/mol. The standard InChI is InChI=1S/C24H34O3/c1-5-7-13-27-22-15-20-18(16(3)19(22)14-17(25)8-6-2)11-12-24(4)21(20)9-10-23(24)26/h1,14,16,18,20-22H,6-13,15H2,2-4H3/b19-14+/t16-,18+,20+,21-,22+,24-/m0/s1. The van der Waals surface area contributed by atoms with Crippen LogP contribution in [0.15, 0.2) is 11.6 Å².